The molecule has 0 aromatic heterocycles. The van der Waals surface area contributed by atoms with E-state index in [-0.39, 0.29) is 34.9 Å². The van der Waals surface area contributed by atoms with E-state index >= 15 is 0 Å². The predicted octanol–water partition coefficient (Wildman–Crippen LogP) is 3.14. The molecule has 2 saturated heterocycles. The molecule has 3 aromatic rings. The van der Waals surface area contributed by atoms with E-state index in [0.717, 1.165) is 4.90 Å². The van der Waals surface area contributed by atoms with Crippen molar-refractivity contribution in [1.82, 2.24) is 4.90 Å². The van der Waals surface area contributed by atoms with E-state index in [1.807, 2.05) is 15.9 Å². The zero-order valence-electron chi connectivity index (χ0n) is 21.2. The van der Waals surface area contributed by atoms with E-state index in [2.05, 4.69) is 0 Å². The number of hydrogen-bond donors (Lipinski definition) is 0. The summed E-state index contributed by atoms with van der Waals surface area (Å²) in [5.74, 6) is -1.42. The van der Waals surface area contributed by atoms with Gasteiger partial charge in [0.1, 0.15) is 0 Å². The van der Waals surface area contributed by atoms with Gasteiger partial charge >= 0.3 is 0 Å². The Morgan fingerprint density at radius 3 is 1.97 bits per heavy atom. The molecular weight excluding hydrogens is 496 g/mol. The highest BCUT2D eigenvalue weighted by molar-refractivity contribution is 6.37. The van der Waals surface area contributed by atoms with Gasteiger partial charge in [-0.2, -0.15) is 0 Å². The third kappa shape index (κ3) is 4.11. The molecule has 9 heteroatoms. The van der Waals surface area contributed by atoms with Gasteiger partial charge in [0.05, 0.1) is 40.7 Å². The highest BCUT2D eigenvalue weighted by atomic mass is 16.2. The first-order valence-corrected chi connectivity index (χ1v) is 13.0. The Labute approximate surface area is 225 Å². The molecule has 2 fully saturated rings. The minimum atomic E-state index is -0.544. The van der Waals surface area contributed by atoms with E-state index in [1.54, 1.807) is 66.7 Å². The topological polar surface area (TPSA) is 98.3 Å². The van der Waals surface area contributed by atoms with Gasteiger partial charge in [-0.15, -0.1) is 0 Å². The van der Waals surface area contributed by atoms with Gasteiger partial charge in [0.2, 0.25) is 5.91 Å². The second-order valence-corrected chi connectivity index (χ2v) is 9.82. The zero-order valence-corrected chi connectivity index (χ0v) is 21.2. The van der Waals surface area contributed by atoms with Crippen LogP contribution in [0, 0.1) is 0 Å². The average Bonchev–Trinajstić information content (AvgIpc) is 3.27. The fourth-order valence-electron chi connectivity index (χ4n) is 5.78. The van der Waals surface area contributed by atoms with Crippen LogP contribution < -0.4 is 14.7 Å². The standard InChI is InChI=1S/C30H26N4O5/c35-19-20-12-13-23(27-26(20)29(38)34(30(27)39)22-10-5-2-6-11-22)31-14-7-15-32(17-16-31)24-18-25(36)33(28(24)37)21-8-3-1-4-9-21/h1-6,8-13,19,24H,7,14-18H2. The maximum absolute atomic E-state index is 13.6. The summed E-state index contributed by atoms with van der Waals surface area (Å²) in [6, 6.07) is 20.4. The molecule has 3 aliphatic rings. The molecule has 0 radical (unpaired) electrons. The number of fused-ring (bicyclic) bond motifs is 1. The molecule has 0 N–H and O–H groups in total. The molecule has 3 aliphatic heterocycles. The molecule has 0 spiro atoms. The number of carbonyl (C=O) groups is 5. The summed E-state index contributed by atoms with van der Waals surface area (Å²) in [5, 5.41) is 0. The molecule has 3 heterocycles. The van der Waals surface area contributed by atoms with Crippen molar-refractivity contribution < 1.29 is 24.0 Å². The summed E-state index contributed by atoms with van der Waals surface area (Å²) in [6.07, 6.45) is 1.42. The van der Waals surface area contributed by atoms with E-state index in [1.165, 1.54) is 4.90 Å². The van der Waals surface area contributed by atoms with Crippen molar-refractivity contribution >= 4 is 47.0 Å². The summed E-state index contributed by atoms with van der Waals surface area (Å²) in [6.45, 7) is 2.19. The lowest BCUT2D eigenvalue weighted by molar-refractivity contribution is -0.122. The van der Waals surface area contributed by atoms with Crippen LogP contribution in [0.5, 0.6) is 0 Å². The highest BCUT2D eigenvalue weighted by Gasteiger charge is 2.44. The number of aldehydes is 1. The highest BCUT2D eigenvalue weighted by Crippen LogP contribution is 2.37. The lowest BCUT2D eigenvalue weighted by Crippen LogP contribution is -2.44. The van der Waals surface area contributed by atoms with E-state index < -0.39 is 17.9 Å². The molecule has 9 nitrogen and oxygen atoms in total. The predicted molar refractivity (Wildman–Crippen MR) is 145 cm³/mol. The minimum Gasteiger partial charge on any atom is -0.370 e. The van der Waals surface area contributed by atoms with Crippen molar-refractivity contribution in [2.24, 2.45) is 0 Å². The smallest absolute Gasteiger partial charge is 0.268 e. The molecule has 0 aliphatic carbocycles. The second kappa shape index (κ2) is 9.92. The Morgan fingerprint density at radius 1 is 0.667 bits per heavy atom. The summed E-state index contributed by atoms with van der Waals surface area (Å²) in [7, 11) is 0. The average molecular weight is 523 g/mol. The molecule has 6 rings (SSSR count). The number of para-hydroxylation sites is 2. The van der Waals surface area contributed by atoms with Crippen LogP contribution in [0.2, 0.25) is 0 Å². The van der Waals surface area contributed by atoms with Crippen LogP contribution in [0.25, 0.3) is 0 Å². The summed E-state index contributed by atoms with van der Waals surface area (Å²) in [5.41, 5.74) is 2.13. The summed E-state index contributed by atoms with van der Waals surface area (Å²) < 4.78 is 0. The van der Waals surface area contributed by atoms with Gasteiger partial charge in [-0.05, 0) is 42.8 Å². The Bertz CT molecular complexity index is 1490. The van der Waals surface area contributed by atoms with Gasteiger partial charge in [-0.3, -0.25) is 28.9 Å². The Kier molecular flexibility index (Phi) is 6.28. The summed E-state index contributed by atoms with van der Waals surface area (Å²) in [4.78, 5) is 71.3. The number of amides is 4. The lowest BCUT2D eigenvalue weighted by atomic mass is 10.0. The Balaban J connectivity index is 1.26. The van der Waals surface area contributed by atoms with Gasteiger partial charge in [0.15, 0.2) is 6.29 Å². The molecule has 0 bridgehead atoms. The van der Waals surface area contributed by atoms with Crippen molar-refractivity contribution in [1.29, 1.82) is 0 Å². The third-order valence-electron chi connectivity index (χ3n) is 7.64. The van der Waals surface area contributed by atoms with Crippen molar-refractivity contribution in [2.75, 3.05) is 40.9 Å². The van der Waals surface area contributed by atoms with Crippen molar-refractivity contribution in [3.8, 4) is 0 Å². The fraction of sp³-hybridized carbons (Fsp3) is 0.233. The minimum absolute atomic E-state index is 0.118. The van der Waals surface area contributed by atoms with Crippen LogP contribution in [0.3, 0.4) is 0 Å². The number of rotatable bonds is 5. The maximum atomic E-state index is 13.6. The molecule has 1 unspecified atom stereocenters. The van der Waals surface area contributed by atoms with Crippen LogP contribution in [0.4, 0.5) is 17.1 Å². The molecule has 1 atom stereocenters. The van der Waals surface area contributed by atoms with Crippen LogP contribution in [-0.4, -0.2) is 67.0 Å². The first kappa shape index (κ1) is 24.7. The number of anilines is 3. The lowest BCUT2D eigenvalue weighted by Gasteiger charge is -2.27. The van der Waals surface area contributed by atoms with Gasteiger partial charge in [-0.25, -0.2) is 9.80 Å². The van der Waals surface area contributed by atoms with Crippen LogP contribution in [0.15, 0.2) is 72.8 Å². The van der Waals surface area contributed by atoms with E-state index in [0.29, 0.717) is 55.9 Å². The largest absolute Gasteiger partial charge is 0.370 e. The van der Waals surface area contributed by atoms with E-state index in [9.17, 15) is 24.0 Å². The molecule has 0 saturated carbocycles. The number of imide groups is 2. The first-order valence-electron chi connectivity index (χ1n) is 13.0. The molecule has 4 amide bonds. The number of carbonyl (C=O) groups excluding carboxylic acids is 5. The normalized spacial score (nSPS) is 20.0. The van der Waals surface area contributed by atoms with Crippen molar-refractivity contribution in [2.45, 2.75) is 18.9 Å². The Hall–Kier alpha value is -4.63. The summed E-state index contributed by atoms with van der Waals surface area (Å²) >= 11 is 0. The van der Waals surface area contributed by atoms with Gasteiger partial charge in [0, 0.05) is 31.7 Å². The van der Waals surface area contributed by atoms with Crippen LogP contribution in [-0.2, 0) is 9.59 Å². The van der Waals surface area contributed by atoms with Gasteiger partial charge in [-0.1, -0.05) is 36.4 Å². The maximum Gasteiger partial charge on any atom is 0.268 e. The monoisotopic (exact) mass is 522 g/mol. The second-order valence-electron chi connectivity index (χ2n) is 9.82. The molecule has 39 heavy (non-hydrogen) atoms. The number of hydrogen-bond acceptors (Lipinski definition) is 7. The fourth-order valence-corrected chi connectivity index (χ4v) is 5.78. The van der Waals surface area contributed by atoms with Crippen LogP contribution in [0.1, 0.15) is 43.9 Å². The first-order chi connectivity index (χ1) is 19.0. The third-order valence-corrected chi connectivity index (χ3v) is 7.64. The molecular formula is C30H26N4O5. The van der Waals surface area contributed by atoms with Crippen molar-refractivity contribution in [3.63, 3.8) is 0 Å². The quantitative estimate of drug-likeness (QED) is 0.375. The SMILES string of the molecule is O=Cc1ccc(N2CCCN(C3CC(=O)N(c4ccccc4)C3=O)CC2)c2c1C(=O)N(c1ccccc1)C2=O. The van der Waals surface area contributed by atoms with Gasteiger partial charge < -0.3 is 4.90 Å². The van der Waals surface area contributed by atoms with Crippen LogP contribution >= 0.6 is 0 Å². The molecule has 196 valence electrons. The zero-order chi connectivity index (χ0) is 27.1. The van der Waals surface area contributed by atoms with Crippen molar-refractivity contribution in [3.05, 3.63) is 89.5 Å². The Morgan fingerprint density at radius 2 is 1.31 bits per heavy atom. The number of benzene rings is 3. The van der Waals surface area contributed by atoms with Gasteiger partial charge in [0.25, 0.3) is 17.7 Å². The van der Waals surface area contributed by atoms with E-state index in [4.69, 9.17) is 0 Å². The number of nitrogens with zero attached hydrogens (tertiary/aromatic N) is 4. The molecule has 3 aromatic carbocycles.